The number of aryl methyl sites for hydroxylation is 1. The van der Waals surface area contributed by atoms with E-state index in [-0.39, 0.29) is 11.8 Å². The molecule has 1 amide bonds. The normalized spacial score (nSPS) is 18.3. The van der Waals surface area contributed by atoms with Gasteiger partial charge < -0.3 is 5.32 Å². The highest BCUT2D eigenvalue weighted by atomic mass is 16.1. The number of anilines is 1. The third kappa shape index (κ3) is 4.24. The van der Waals surface area contributed by atoms with E-state index in [0.29, 0.717) is 0 Å². The Morgan fingerprint density at radius 2 is 1.88 bits per heavy atom. The van der Waals surface area contributed by atoms with Crippen molar-refractivity contribution < 1.29 is 4.79 Å². The lowest BCUT2D eigenvalue weighted by molar-refractivity contribution is -0.121. The summed E-state index contributed by atoms with van der Waals surface area (Å²) in [5.41, 5.74) is 3.47. The molecule has 1 fully saturated rings. The molecule has 24 heavy (non-hydrogen) atoms. The molecule has 1 atom stereocenters. The molecule has 1 saturated heterocycles. The fourth-order valence-electron chi connectivity index (χ4n) is 3.44. The number of amides is 1. The molecule has 1 unspecified atom stereocenters. The van der Waals surface area contributed by atoms with E-state index in [1.165, 1.54) is 11.1 Å². The van der Waals surface area contributed by atoms with Crippen LogP contribution in [0.1, 0.15) is 30.9 Å². The first-order valence-corrected chi connectivity index (χ1v) is 8.91. The summed E-state index contributed by atoms with van der Waals surface area (Å²) in [6.07, 6.45) is 2.99. The Balaban J connectivity index is 1.60. The molecule has 2 aromatic rings. The summed E-state index contributed by atoms with van der Waals surface area (Å²) in [6.45, 7) is 4.96. The number of nitrogens with zero attached hydrogens (tertiary/aromatic N) is 1. The van der Waals surface area contributed by atoms with E-state index >= 15 is 0 Å². The minimum atomic E-state index is 0.0763. The number of likely N-dealkylation sites (tertiary alicyclic amines) is 1. The van der Waals surface area contributed by atoms with Crippen LogP contribution >= 0.6 is 0 Å². The number of rotatable bonds is 5. The maximum absolute atomic E-state index is 12.7. The minimum Gasteiger partial charge on any atom is -0.326 e. The first-order valence-electron chi connectivity index (χ1n) is 8.91. The van der Waals surface area contributed by atoms with Crippen molar-refractivity contribution in [2.24, 2.45) is 5.92 Å². The van der Waals surface area contributed by atoms with Crippen LogP contribution in [0.5, 0.6) is 0 Å². The summed E-state index contributed by atoms with van der Waals surface area (Å²) < 4.78 is 0. The Labute approximate surface area is 144 Å². The highest BCUT2D eigenvalue weighted by molar-refractivity contribution is 5.93. The highest BCUT2D eigenvalue weighted by Crippen LogP contribution is 2.22. The molecule has 0 aromatic heterocycles. The fourth-order valence-corrected chi connectivity index (χ4v) is 3.44. The van der Waals surface area contributed by atoms with Crippen LogP contribution in [0.25, 0.3) is 0 Å². The van der Waals surface area contributed by atoms with E-state index in [2.05, 4.69) is 47.5 Å². The molecular formula is C21H26N2O. The predicted octanol–water partition coefficient (Wildman–Crippen LogP) is 4.10. The van der Waals surface area contributed by atoms with Gasteiger partial charge in [0.15, 0.2) is 0 Å². The zero-order valence-corrected chi connectivity index (χ0v) is 14.4. The van der Waals surface area contributed by atoms with Crippen LogP contribution in [0.3, 0.4) is 0 Å². The SMILES string of the molecule is CCc1ccccc1NC(=O)C1CCCN(Cc2ccccc2)C1. The Bertz CT molecular complexity index is 669. The molecule has 0 spiro atoms. The van der Waals surface area contributed by atoms with Gasteiger partial charge in [-0.1, -0.05) is 55.5 Å². The Morgan fingerprint density at radius 1 is 1.12 bits per heavy atom. The molecule has 0 radical (unpaired) electrons. The summed E-state index contributed by atoms with van der Waals surface area (Å²) in [6, 6.07) is 18.6. The van der Waals surface area contributed by atoms with Crippen LogP contribution in [-0.4, -0.2) is 23.9 Å². The van der Waals surface area contributed by atoms with Crippen molar-refractivity contribution in [1.82, 2.24) is 4.90 Å². The molecule has 1 aliphatic rings. The van der Waals surface area contributed by atoms with Crippen molar-refractivity contribution in [3.05, 3.63) is 65.7 Å². The van der Waals surface area contributed by atoms with E-state index in [9.17, 15) is 4.79 Å². The average molecular weight is 322 g/mol. The van der Waals surface area contributed by atoms with Crippen molar-refractivity contribution in [2.75, 3.05) is 18.4 Å². The van der Waals surface area contributed by atoms with Gasteiger partial charge in [-0.2, -0.15) is 0 Å². The Hall–Kier alpha value is -2.13. The van der Waals surface area contributed by atoms with Crippen molar-refractivity contribution >= 4 is 11.6 Å². The summed E-state index contributed by atoms with van der Waals surface area (Å²) in [4.78, 5) is 15.1. The van der Waals surface area contributed by atoms with Crippen LogP contribution in [0.4, 0.5) is 5.69 Å². The fraction of sp³-hybridized carbons (Fsp3) is 0.381. The van der Waals surface area contributed by atoms with Crippen molar-refractivity contribution in [2.45, 2.75) is 32.7 Å². The standard InChI is InChI=1S/C21H26N2O/c1-2-18-11-6-7-13-20(18)22-21(24)19-12-8-14-23(16-19)15-17-9-4-3-5-10-17/h3-7,9-11,13,19H,2,8,12,14-16H2,1H3,(H,22,24). The van der Waals surface area contributed by atoms with Gasteiger partial charge in [0.05, 0.1) is 5.92 Å². The first kappa shape index (κ1) is 16.7. The molecule has 2 aromatic carbocycles. The van der Waals surface area contributed by atoms with Crippen LogP contribution in [0, 0.1) is 5.92 Å². The molecule has 0 aliphatic carbocycles. The van der Waals surface area contributed by atoms with Gasteiger partial charge in [-0.15, -0.1) is 0 Å². The summed E-state index contributed by atoms with van der Waals surface area (Å²) in [5.74, 6) is 0.237. The second-order valence-electron chi connectivity index (χ2n) is 6.56. The van der Waals surface area contributed by atoms with Gasteiger partial charge >= 0.3 is 0 Å². The van der Waals surface area contributed by atoms with E-state index in [1.807, 2.05) is 24.3 Å². The zero-order valence-electron chi connectivity index (χ0n) is 14.4. The number of piperidine rings is 1. The van der Waals surface area contributed by atoms with Gasteiger partial charge in [0.25, 0.3) is 0 Å². The molecule has 3 heteroatoms. The monoisotopic (exact) mass is 322 g/mol. The zero-order chi connectivity index (χ0) is 16.8. The lowest BCUT2D eigenvalue weighted by Crippen LogP contribution is -2.40. The third-order valence-electron chi connectivity index (χ3n) is 4.78. The van der Waals surface area contributed by atoms with Crippen LogP contribution < -0.4 is 5.32 Å². The average Bonchev–Trinajstić information content (AvgIpc) is 2.63. The van der Waals surface area contributed by atoms with E-state index in [0.717, 1.165) is 44.6 Å². The van der Waals surface area contributed by atoms with Gasteiger partial charge in [0.2, 0.25) is 5.91 Å². The maximum atomic E-state index is 12.7. The molecule has 1 aliphatic heterocycles. The van der Waals surface area contributed by atoms with E-state index in [1.54, 1.807) is 0 Å². The third-order valence-corrected chi connectivity index (χ3v) is 4.78. The van der Waals surface area contributed by atoms with Crippen molar-refractivity contribution in [3.63, 3.8) is 0 Å². The second kappa shape index (κ2) is 8.11. The largest absolute Gasteiger partial charge is 0.326 e. The predicted molar refractivity (Wildman–Crippen MR) is 98.9 cm³/mol. The van der Waals surface area contributed by atoms with Gasteiger partial charge in [-0.3, -0.25) is 9.69 Å². The number of nitrogens with one attached hydrogen (secondary N) is 1. The van der Waals surface area contributed by atoms with Gasteiger partial charge in [0, 0.05) is 18.8 Å². The van der Waals surface area contributed by atoms with Crippen LogP contribution in [0.15, 0.2) is 54.6 Å². The molecule has 1 N–H and O–H groups in total. The van der Waals surface area contributed by atoms with E-state index in [4.69, 9.17) is 0 Å². The van der Waals surface area contributed by atoms with Crippen LogP contribution in [0.2, 0.25) is 0 Å². The minimum absolute atomic E-state index is 0.0763. The Kier molecular flexibility index (Phi) is 5.65. The van der Waals surface area contributed by atoms with Gasteiger partial charge in [-0.25, -0.2) is 0 Å². The van der Waals surface area contributed by atoms with E-state index < -0.39 is 0 Å². The highest BCUT2D eigenvalue weighted by Gasteiger charge is 2.26. The maximum Gasteiger partial charge on any atom is 0.228 e. The number of para-hydroxylation sites is 1. The topological polar surface area (TPSA) is 32.3 Å². The molecule has 0 saturated carbocycles. The van der Waals surface area contributed by atoms with Gasteiger partial charge in [-0.05, 0) is 43.0 Å². The smallest absolute Gasteiger partial charge is 0.228 e. The lowest BCUT2D eigenvalue weighted by Gasteiger charge is -2.32. The summed E-state index contributed by atoms with van der Waals surface area (Å²) >= 11 is 0. The number of carbonyl (C=O) groups is 1. The molecule has 1 heterocycles. The summed E-state index contributed by atoms with van der Waals surface area (Å²) in [5, 5.41) is 3.15. The molecule has 3 rings (SSSR count). The second-order valence-corrected chi connectivity index (χ2v) is 6.56. The number of hydrogen-bond donors (Lipinski definition) is 1. The molecule has 126 valence electrons. The van der Waals surface area contributed by atoms with Crippen molar-refractivity contribution in [1.29, 1.82) is 0 Å². The number of carbonyl (C=O) groups excluding carboxylic acids is 1. The Morgan fingerprint density at radius 3 is 2.67 bits per heavy atom. The quantitative estimate of drug-likeness (QED) is 0.899. The number of benzene rings is 2. The molecule has 3 nitrogen and oxygen atoms in total. The molecular weight excluding hydrogens is 296 g/mol. The van der Waals surface area contributed by atoms with Crippen LogP contribution in [-0.2, 0) is 17.8 Å². The van der Waals surface area contributed by atoms with Crippen molar-refractivity contribution in [3.8, 4) is 0 Å². The summed E-state index contributed by atoms with van der Waals surface area (Å²) in [7, 11) is 0. The molecule has 0 bridgehead atoms. The number of hydrogen-bond acceptors (Lipinski definition) is 2. The van der Waals surface area contributed by atoms with Gasteiger partial charge in [0.1, 0.15) is 0 Å². The lowest BCUT2D eigenvalue weighted by atomic mass is 9.96. The first-order chi connectivity index (χ1) is 11.8.